The Morgan fingerprint density at radius 3 is 2.27 bits per heavy atom. The fourth-order valence-corrected chi connectivity index (χ4v) is 3.78. The highest BCUT2D eigenvalue weighted by Gasteiger charge is 2.09. The zero-order chi connectivity index (χ0) is 22.7. The third kappa shape index (κ3) is 6.78. The number of carbonyl (C=O) groups is 1. The molecule has 4 aromatic rings. The third-order valence-corrected chi connectivity index (χ3v) is 5.46. The number of para-hydroxylation sites is 2. The zero-order valence-corrected chi connectivity index (χ0v) is 18.6. The molecule has 4 heteroatoms. The number of hydrogen-bond acceptors (Lipinski definition) is 3. The van der Waals surface area contributed by atoms with Crippen molar-refractivity contribution < 1.29 is 9.53 Å². The Hall–Kier alpha value is -3.92. The van der Waals surface area contributed by atoms with Crippen molar-refractivity contribution in [2.75, 3.05) is 5.32 Å². The minimum Gasteiger partial charge on any atom is -0.489 e. The van der Waals surface area contributed by atoms with Gasteiger partial charge in [-0.05, 0) is 60.2 Å². The molecule has 0 atom stereocenters. The van der Waals surface area contributed by atoms with E-state index in [1.165, 1.54) is 5.56 Å². The smallest absolute Gasteiger partial charge is 0.230 e. The second kappa shape index (κ2) is 11.6. The van der Waals surface area contributed by atoms with Gasteiger partial charge >= 0.3 is 0 Å². The quantitative estimate of drug-likeness (QED) is 0.331. The van der Waals surface area contributed by atoms with Gasteiger partial charge in [0.25, 0.3) is 0 Å². The van der Waals surface area contributed by atoms with Crippen molar-refractivity contribution in [2.45, 2.75) is 32.3 Å². The number of carbonyl (C=O) groups excluding carboxylic acids is 1. The van der Waals surface area contributed by atoms with E-state index in [1.807, 2.05) is 66.7 Å². The van der Waals surface area contributed by atoms with Crippen LogP contribution in [-0.2, 0) is 30.7 Å². The van der Waals surface area contributed by atoms with Gasteiger partial charge in [-0.15, -0.1) is 0 Å². The van der Waals surface area contributed by atoms with E-state index in [4.69, 9.17) is 4.74 Å². The van der Waals surface area contributed by atoms with Gasteiger partial charge in [0.1, 0.15) is 12.4 Å². The van der Waals surface area contributed by atoms with Crippen LogP contribution in [0.3, 0.4) is 0 Å². The highest BCUT2D eigenvalue weighted by atomic mass is 16.5. The van der Waals surface area contributed by atoms with Crippen LogP contribution in [0.1, 0.15) is 28.8 Å². The summed E-state index contributed by atoms with van der Waals surface area (Å²) in [5.41, 5.74) is 5.12. The van der Waals surface area contributed by atoms with Crippen LogP contribution in [0.25, 0.3) is 0 Å². The van der Waals surface area contributed by atoms with Crippen molar-refractivity contribution in [3.8, 4) is 5.75 Å². The lowest BCUT2D eigenvalue weighted by Crippen LogP contribution is -2.16. The monoisotopic (exact) mass is 436 g/mol. The largest absolute Gasteiger partial charge is 0.489 e. The maximum atomic E-state index is 12.5. The molecular weight excluding hydrogens is 408 g/mol. The summed E-state index contributed by atoms with van der Waals surface area (Å²) in [6.45, 7) is 0.559. The molecule has 1 amide bonds. The number of aromatic nitrogens is 1. The normalized spacial score (nSPS) is 10.5. The second-order valence-electron chi connectivity index (χ2n) is 7.94. The number of hydrogen-bond donors (Lipinski definition) is 1. The predicted molar refractivity (Wildman–Crippen MR) is 132 cm³/mol. The van der Waals surface area contributed by atoms with Crippen LogP contribution < -0.4 is 10.1 Å². The van der Waals surface area contributed by atoms with Crippen molar-refractivity contribution in [1.29, 1.82) is 0 Å². The second-order valence-corrected chi connectivity index (χ2v) is 7.94. The van der Waals surface area contributed by atoms with Gasteiger partial charge in [-0.1, -0.05) is 72.8 Å². The van der Waals surface area contributed by atoms with E-state index in [9.17, 15) is 4.79 Å². The molecule has 0 fully saturated rings. The van der Waals surface area contributed by atoms with E-state index in [1.54, 1.807) is 6.20 Å². The van der Waals surface area contributed by atoms with Crippen LogP contribution in [0, 0.1) is 0 Å². The summed E-state index contributed by atoms with van der Waals surface area (Å²) in [5, 5.41) is 3.05. The van der Waals surface area contributed by atoms with Crippen molar-refractivity contribution in [3.63, 3.8) is 0 Å². The van der Waals surface area contributed by atoms with E-state index in [-0.39, 0.29) is 12.3 Å². The van der Waals surface area contributed by atoms with Gasteiger partial charge in [0.05, 0.1) is 6.42 Å². The topological polar surface area (TPSA) is 51.2 Å². The number of aryl methyl sites for hydroxylation is 2. The van der Waals surface area contributed by atoms with E-state index >= 15 is 0 Å². The molecule has 0 aliphatic carbocycles. The van der Waals surface area contributed by atoms with Gasteiger partial charge < -0.3 is 10.1 Å². The van der Waals surface area contributed by atoms with Gasteiger partial charge in [0.15, 0.2) is 0 Å². The van der Waals surface area contributed by atoms with Crippen molar-refractivity contribution in [3.05, 3.63) is 126 Å². The minimum absolute atomic E-state index is 0.0548. The summed E-state index contributed by atoms with van der Waals surface area (Å²) in [4.78, 5) is 16.7. The Balaban J connectivity index is 1.33. The van der Waals surface area contributed by atoms with Crippen LogP contribution in [0.4, 0.5) is 5.69 Å². The number of ether oxygens (including phenoxy) is 1. The number of rotatable bonds is 10. The molecule has 0 spiro atoms. The van der Waals surface area contributed by atoms with Gasteiger partial charge in [-0.25, -0.2) is 0 Å². The molecule has 0 aliphatic heterocycles. The van der Waals surface area contributed by atoms with Crippen LogP contribution >= 0.6 is 0 Å². The first-order chi connectivity index (χ1) is 16.3. The molecule has 0 bridgehead atoms. The molecule has 4 rings (SSSR count). The Morgan fingerprint density at radius 2 is 1.45 bits per heavy atom. The van der Waals surface area contributed by atoms with Crippen molar-refractivity contribution >= 4 is 11.6 Å². The summed E-state index contributed by atoms with van der Waals surface area (Å²) in [6, 6.07) is 32.0. The van der Waals surface area contributed by atoms with Crippen LogP contribution in [0.5, 0.6) is 5.75 Å². The van der Waals surface area contributed by atoms with Crippen LogP contribution in [0.2, 0.25) is 0 Å². The number of nitrogens with one attached hydrogen (secondary N) is 1. The van der Waals surface area contributed by atoms with Crippen LogP contribution in [-0.4, -0.2) is 10.9 Å². The standard InChI is InChI=1S/C29H28N2O2/c32-29(21-26-17-8-9-20-30-26)31-27-18-6-4-13-24(27)15-10-16-25-14-5-7-19-28(25)33-22-23-11-2-1-3-12-23/h1-9,11-14,17-20H,10,15-16,21-22H2,(H,31,32). The molecule has 3 aromatic carbocycles. The maximum absolute atomic E-state index is 12.5. The Kier molecular flexibility index (Phi) is 7.85. The molecular formula is C29H28N2O2. The predicted octanol–water partition coefficient (Wildman–Crippen LogP) is 6.02. The van der Waals surface area contributed by atoms with Crippen molar-refractivity contribution in [1.82, 2.24) is 4.98 Å². The SMILES string of the molecule is O=C(Cc1ccccn1)Nc1ccccc1CCCc1ccccc1OCc1ccccc1. The molecule has 166 valence electrons. The van der Waals surface area contributed by atoms with E-state index < -0.39 is 0 Å². The lowest BCUT2D eigenvalue weighted by atomic mass is 10.0. The molecule has 0 aliphatic rings. The molecule has 1 aromatic heterocycles. The Morgan fingerprint density at radius 1 is 0.758 bits per heavy atom. The number of amides is 1. The first-order valence-electron chi connectivity index (χ1n) is 11.3. The fourth-order valence-electron chi connectivity index (χ4n) is 3.78. The van der Waals surface area contributed by atoms with E-state index in [0.29, 0.717) is 6.61 Å². The highest BCUT2D eigenvalue weighted by molar-refractivity contribution is 5.92. The Bertz CT molecular complexity index is 1160. The molecule has 33 heavy (non-hydrogen) atoms. The van der Waals surface area contributed by atoms with E-state index in [0.717, 1.165) is 47.5 Å². The Labute approximate surface area is 195 Å². The molecule has 0 radical (unpaired) electrons. The molecule has 0 saturated carbocycles. The first kappa shape index (κ1) is 22.3. The van der Waals surface area contributed by atoms with Crippen molar-refractivity contribution in [2.24, 2.45) is 0 Å². The number of nitrogens with zero attached hydrogens (tertiary/aromatic N) is 1. The summed E-state index contributed by atoms with van der Waals surface area (Å²) in [7, 11) is 0. The van der Waals surface area contributed by atoms with Crippen LogP contribution in [0.15, 0.2) is 103 Å². The number of benzene rings is 3. The fraction of sp³-hybridized carbons (Fsp3) is 0.172. The molecule has 0 unspecified atom stereocenters. The van der Waals surface area contributed by atoms with Gasteiger partial charge in [0.2, 0.25) is 5.91 Å². The summed E-state index contributed by atoms with van der Waals surface area (Å²) < 4.78 is 6.10. The third-order valence-electron chi connectivity index (χ3n) is 5.46. The summed E-state index contributed by atoms with van der Waals surface area (Å²) in [6.07, 6.45) is 4.70. The maximum Gasteiger partial charge on any atom is 0.230 e. The average molecular weight is 437 g/mol. The number of anilines is 1. The first-order valence-corrected chi connectivity index (χ1v) is 11.3. The molecule has 4 nitrogen and oxygen atoms in total. The van der Waals surface area contributed by atoms with Gasteiger partial charge in [-0.2, -0.15) is 0 Å². The molecule has 1 heterocycles. The van der Waals surface area contributed by atoms with E-state index in [2.05, 4.69) is 40.6 Å². The highest BCUT2D eigenvalue weighted by Crippen LogP contribution is 2.23. The zero-order valence-electron chi connectivity index (χ0n) is 18.6. The lowest BCUT2D eigenvalue weighted by molar-refractivity contribution is -0.115. The van der Waals surface area contributed by atoms with Gasteiger partial charge in [0, 0.05) is 17.6 Å². The minimum atomic E-state index is -0.0548. The summed E-state index contributed by atoms with van der Waals surface area (Å²) >= 11 is 0. The average Bonchev–Trinajstić information content (AvgIpc) is 2.86. The molecule has 0 saturated heterocycles. The lowest BCUT2D eigenvalue weighted by Gasteiger charge is -2.13. The number of pyridine rings is 1. The summed E-state index contributed by atoms with van der Waals surface area (Å²) in [5.74, 6) is 0.874. The van der Waals surface area contributed by atoms with Gasteiger partial charge in [-0.3, -0.25) is 9.78 Å². The molecule has 1 N–H and O–H groups in total.